The fourth-order valence-electron chi connectivity index (χ4n) is 10.9. The van der Waals surface area contributed by atoms with E-state index in [2.05, 4.69) is 186 Å². The van der Waals surface area contributed by atoms with Gasteiger partial charge in [0.2, 0.25) is 5.90 Å². The molecule has 4 heterocycles. The highest BCUT2D eigenvalue weighted by Gasteiger charge is 2.59. The fraction of sp³-hybridized carbons (Fsp3) is 0.368. The van der Waals surface area contributed by atoms with Crippen molar-refractivity contribution in [3.63, 3.8) is 0 Å². The number of ether oxygens (including phenoxy) is 2. The SMILES string of the molecule is Cc1cc2c3cc(C(C)(C)C)cc4c3n(c2cc1Oc1cc(C2=N[C@]3(C)c5ccc(C)c(C)c5C[C@]3(C)O2)cc(-c2c(C(C)C)cccc2C(C)C)c1)-c1ncccc1C4(C)C. The van der Waals surface area contributed by atoms with Gasteiger partial charge in [-0.3, -0.25) is 4.57 Å². The van der Waals surface area contributed by atoms with E-state index in [0.29, 0.717) is 17.7 Å². The Morgan fingerprint density at radius 3 is 2.13 bits per heavy atom. The van der Waals surface area contributed by atoms with Crippen LogP contribution < -0.4 is 4.74 Å². The normalized spacial score (nSPS) is 19.8. The van der Waals surface area contributed by atoms with Gasteiger partial charge >= 0.3 is 0 Å². The number of nitrogens with zero attached hydrogens (tertiary/aromatic N) is 3. The first-order valence-electron chi connectivity index (χ1n) is 22.7. The zero-order valence-corrected chi connectivity index (χ0v) is 39.2. The third kappa shape index (κ3) is 5.72. The van der Waals surface area contributed by atoms with E-state index in [1.807, 2.05) is 6.20 Å². The Hall–Kier alpha value is -5.68. The topological polar surface area (TPSA) is 48.6 Å². The smallest absolute Gasteiger partial charge is 0.217 e. The van der Waals surface area contributed by atoms with Crippen LogP contribution in [0.2, 0.25) is 0 Å². The zero-order chi connectivity index (χ0) is 44.0. The van der Waals surface area contributed by atoms with E-state index in [1.165, 1.54) is 71.9 Å². The second-order valence-electron chi connectivity index (χ2n) is 21.1. The molecular formula is C57H61N3O2. The average Bonchev–Trinajstić information content (AvgIpc) is 3.76. The first-order chi connectivity index (χ1) is 29.2. The van der Waals surface area contributed by atoms with Crippen LogP contribution in [0, 0.1) is 20.8 Å². The Morgan fingerprint density at radius 2 is 1.44 bits per heavy atom. The summed E-state index contributed by atoms with van der Waals surface area (Å²) < 4.78 is 16.7. The quantitative estimate of drug-likeness (QED) is 0.168. The van der Waals surface area contributed by atoms with Crippen molar-refractivity contribution in [1.82, 2.24) is 9.55 Å². The molecule has 10 rings (SSSR count). The highest BCUT2D eigenvalue weighted by atomic mass is 16.5. The molecule has 62 heavy (non-hydrogen) atoms. The van der Waals surface area contributed by atoms with Crippen molar-refractivity contribution in [1.29, 1.82) is 0 Å². The number of pyridine rings is 1. The molecule has 0 spiro atoms. The van der Waals surface area contributed by atoms with Crippen LogP contribution in [0.25, 0.3) is 38.8 Å². The molecule has 5 heteroatoms. The molecule has 5 nitrogen and oxygen atoms in total. The van der Waals surface area contributed by atoms with Crippen LogP contribution in [-0.2, 0) is 27.5 Å². The van der Waals surface area contributed by atoms with Crippen LogP contribution in [0.4, 0.5) is 0 Å². The summed E-state index contributed by atoms with van der Waals surface area (Å²) in [7, 11) is 0. The van der Waals surface area contributed by atoms with Gasteiger partial charge in [0.1, 0.15) is 28.5 Å². The first-order valence-corrected chi connectivity index (χ1v) is 22.7. The Labute approximate surface area is 368 Å². The predicted octanol–water partition coefficient (Wildman–Crippen LogP) is 14.8. The molecule has 0 radical (unpaired) electrons. The Bertz CT molecular complexity index is 3050. The van der Waals surface area contributed by atoms with Crippen LogP contribution in [0.5, 0.6) is 11.5 Å². The molecule has 5 aromatic carbocycles. The Morgan fingerprint density at radius 1 is 0.726 bits per heavy atom. The molecule has 0 unspecified atom stereocenters. The van der Waals surface area contributed by atoms with Gasteiger partial charge in [0.05, 0.1) is 11.0 Å². The van der Waals surface area contributed by atoms with Crippen LogP contribution >= 0.6 is 0 Å². The van der Waals surface area contributed by atoms with Gasteiger partial charge in [-0.05, 0) is 149 Å². The summed E-state index contributed by atoms with van der Waals surface area (Å²) in [6.45, 7) is 31.9. The van der Waals surface area contributed by atoms with Crippen LogP contribution in [0.1, 0.15) is 149 Å². The van der Waals surface area contributed by atoms with Gasteiger partial charge in [-0.25, -0.2) is 9.98 Å². The summed E-state index contributed by atoms with van der Waals surface area (Å²) in [5, 5.41) is 2.47. The maximum Gasteiger partial charge on any atom is 0.217 e. The van der Waals surface area contributed by atoms with Gasteiger partial charge in [0, 0.05) is 46.0 Å². The Balaban J connectivity index is 1.19. The van der Waals surface area contributed by atoms with Crippen molar-refractivity contribution in [2.45, 2.75) is 137 Å². The molecule has 1 aliphatic carbocycles. The number of hydrogen-bond acceptors (Lipinski definition) is 4. The number of aliphatic imine (C=N–C) groups is 1. The molecule has 7 aromatic rings. The summed E-state index contributed by atoms with van der Waals surface area (Å²) in [5.74, 6) is 3.87. The number of hydrogen-bond donors (Lipinski definition) is 0. The highest BCUT2D eigenvalue weighted by molar-refractivity contribution is 6.12. The van der Waals surface area contributed by atoms with E-state index >= 15 is 0 Å². The maximum absolute atomic E-state index is 7.22. The van der Waals surface area contributed by atoms with E-state index in [0.717, 1.165) is 45.9 Å². The molecule has 0 bridgehead atoms. The molecule has 316 valence electrons. The molecule has 2 aliphatic heterocycles. The molecule has 0 fully saturated rings. The minimum Gasteiger partial charge on any atom is -0.468 e. The lowest BCUT2D eigenvalue weighted by molar-refractivity contribution is 0.0475. The molecule has 3 aliphatic rings. The first kappa shape index (κ1) is 40.4. The van der Waals surface area contributed by atoms with Crippen LogP contribution in [0.15, 0.2) is 96.1 Å². The molecule has 0 amide bonds. The minimum absolute atomic E-state index is 0.0168. The van der Waals surface area contributed by atoms with E-state index in [9.17, 15) is 0 Å². The summed E-state index contributed by atoms with van der Waals surface area (Å²) in [5.41, 5.74) is 17.2. The van der Waals surface area contributed by atoms with Gasteiger partial charge in [-0.15, -0.1) is 0 Å². The summed E-state index contributed by atoms with van der Waals surface area (Å²) in [4.78, 5) is 10.6. The zero-order valence-electron chi connectivity index (χ0n) is 39.2. The van der Waals surface area contributed by atoms with Crippen molar-refractivity contribution in [3.05, 3.63) is 152 Å². The Kier molecular flexibility index (Phi) is 8.74. The molecule has 2 aromatic heterocycles. The molecule has 0 saturated carbocycles. The molecule has 0 N–H and O–H groups in total. The lowest BCUT2D eigenvalue weighted by atomic mass is 9.73. The number of aromatic nitrogens is 2. The second kappa shape index (κ2) is 13.4. The van der Waals surface area contributed by atoms with Crippen molar-refractivity contribution in [3.8, 4) is 28.4 Å². The number of aryl methyl sites for hydroxylation is 2. The standard InChI is InChI=1S/C57H61N3O2/c1-31(2)40-17-15-18-41(32(3)4)50(40)36-24-37(53-59-57(14)45-21-20-33(5)35(7)44(45)30-56(57,13)62-53)26-39(25-36)61-49-29-48-42(23-34(49)6)43-27-38(54(8,9)10)28-47-51(43)60(48)52-46(55(47,11)12)19-16-22-58-52/h15-29,31-32H,30H2,1-14H3/t56-,57+/m0/s1. The fourth-order valence-corrected chi connectivity index (χ4v) is 10.9. The minimum atomic E-state index is -0.517. The largest absolute Gasteiger partial charge is 0.468 e. The van der Waals surface area contributed by atoms with Gasteiger partial charge in [0.15, 0.2) is 0 Å². The van der Waals surface area contributed by atoms with Crippen molar-refractivity contribution < 1.29 is 9.47 Å². The third-order valence-corrected chi connectivity index (χ3v) is 15.0. The third-order valence-electron chi connectivity index (χ3n) is 15.0. The summed E-state index contributed by atoms with van der Waals surface area (Å²) in [6, 6.07) is 31.7. The number of fused-ring (bicyclic) bond motifs is 8. The van der Waals surface area contributed by atoms with E-state index in [4.69, 9.17) is 19.5 Å². The van der Waals surface area contributed by atoms with Gasteiger partial charge in [-0.2, -0.15) is 0 Å². The molecule has 2 atom stereocenters. The van der Waals surface area contributed by atoms with E-state index in [1.54, 1.807) is 0 Å². The lowest BCUT2D eigenvalue weighted by Crippen LogP contribution is -2.41. The molecular weight excluding hydrogens is 759 g/mol. The number of benzene rings is 5. The van der Waals surface area contributed by atoms with Crippen molar-refractivity contribution >= 4 is 27.7 Å². The van der Waals surface area contributed by atoms with Crippen LogP contribution in [0.3, 0.4) is 0 Å². The van der Waals surface area contributed by atoms with Crippen molar-refractivity contribution in [2.75, 3.05) is 0 Å². The average molecular weight is 820 g/mol. The van der Waals surface area contributed by atoms with Gasteiger partial charge in [-0.1, -0.05) is 105 Å². The van der Waals surface area contributed by atoms with E-state index < -0.39 is 11.1 Å². The maximum atomic E-state index is 7.22. The lowest BCUT2D eigenvalue weighted by Gasteiger charge is -2.35. The van der Waals surface area contributed by atoms with Crippen molar-refractivity contribution in [2.24, 2.45) is 4.99 Å². The predicted molar refractivity (Wildman–Crippen MR) is 257 cm³/mol. The van der Waals surface area contributed by atoms with Crippen LogP contribution in [-0.4, -0.2) is 21.0 Å². The highest BCUT2D eigenvalue weighted by Crippen LogP contribution is 2.55. The van der Waals surface area contributed by atoms with Gasteiger partial charge < -0.3 is 9.47 Å². The van der Waals surface area contributed by atoms with Gasteiger partial charge in [0.25, 0.3) is 0 Å². The second-order valence-corrected chi connectivity index (χ2v) is 21.1. The summed E-state index contributed by atoms with van der Waals surface area (Å²) >= 11 is 0. The summed E-state index contributed by atoms with van der Waals surface area (Å²) in [6.07, 6.45) is 2.74. The number of rotatable bonds is 6. The molecule has 0 saturated heterocycles. The van der Waals surface area contributed by atoms with E-state index in [-0.39, 0.29) is 10.8 Å². The monoisotopic (exact) mass is 819 g/mol.